The number of nitrogens with one attached hydrogen (secondary N) is 1. The zero-order valence-corrected chi connectivity index (χ0v) is 11.7. The molecule has 0 bridgehead atoms. The predicted octanol–water partition coefficient (Wildman–Crippen LogP) is 2.59. The molecular weight excluding hydrogens is 284 g/mol. The van der Waals surface area contributed by atoms with Crippen LogP contribution >= 0.6 is 0 Å². The average Bonchev–Trinajstić information content (AvgIpc) is 2.50. The summed E-state index contributed by atoms with van der Waals surface area (Å²) < 4.78 is 9.07. The Morgan fingerprint density at radius 3 is 2.27 bits per heavy atom. The van der Waals surface area contributed by atoms with Crippen molar-refractivity contribution in [3.8, 4) is 0 Å². The van der Waals surface area contributed by atoms with E-state index in [1.54, 1.807) is 30.3 Å². The number of aromatic nitrogens is 3. The van der Waals surface area contributed by atoms with Crippen LogP contribution in [0.4, 0.5) is 0 Å². The largest absolute Gasteiger partial charge is 0.366 e. The number of primary amides is 1. The van der Waals surface area contributed by atoms with E-state index < -0.39 is 5.91 Å². The summed E-state index contributed by atoms with van der Waals surface area (Å²) in [6.45, 7) is 0. The first-order valence-electron chi connectivity index (χ1n) is 6.28. The minimum atomic E-state index is -0.575. The third-order valence-corrected chi connectivity index (χ3v) is 2.09. The van der Waals surface area contributed by atoms with Crippen LogP contribution in [0, 0.1) is 0 Å². The van der Waals surface area contributed by atoms with Gasteiger partial charge >= 0.3 is 0 Å². The maximum Gasteiger partial charge on any atom is 0.248 e. The third-order valence-electron chi connectivity index (χ3n) is 2.09. The molecule has 0 unspecified atom stereocenters. The summed E-state index contributed by atoms with van der Waals surface area (Å²) in [5, 5.41) is 9.07. The molecular formula is C15H16N4O3. The maximum atomic E-state index is 11.2. The Labute approximate surface area is 127 Å². The smallest absolute Gasteiger partial charge is 0.248 e. The lowest BCUT2D eigenvalue weighted by Gasteiger charge is -1.86. The second-order valence-corrected chi connectivity index (χ2v) is 3.66. The fourth-order valence-corrected chi connectivity index (χ4v) is 1.14. The summed E-state index contributed by atoms with van der Waals surface area (Å²) in [6.07, 6.45) is 2.59. The van der Waals surface area contributed by atoms with Crippen molar-refractivity contribution in [3.63, 3.8) is 0 Å². The Bertz CT molecular complexity index is 623. The minimum absolute atomic E-state index is 0.278. The van der Waals surface area contributed by atoms with Gasteiger partial charge in [-0.1, -0.05) is 53.8 Å². The molecule has 1 heterocycles. The van der Waals surface area contributed by atoms with Crippen LogP contribution in [0.25, 0.3) is 0 Å². The van der Waals surface area contributed by atoms with E-state index in [0.717, 1.165) is 0 Å². The fourth-order valence-electron chi connectivity index (χ4n) is 1.14. The van der Waals surface area contributed by atoms with Crippen LogP contribution in [0.3, 0.4) is 0 Å². The monoisotopic (exact) mass is 300 g/mol. The van der Waals surface area contributed by atoms with E-state index in [4.69, 9.17) is 5.73 Å². The molecule has 0 aromatic carbocycles. The lowest BCUT2D eigenvalue weighted by atomic mass is 10.3. The van der Waals surface area contributed by atoms with E-state index in [0.29, 0.717) is 0 Å². The van der Waals surface area contributed by atoms with Gasteiger partial charge in [-0.25, -0.2) is 0 Å². The second kappa shape index (κ2) is 11.5. The Kier molecular flexibility index (Phi) is 8.71. The number of nitrogens with two attached hydrogens (primary N) is 1. The van der Waals surface area contributed by atoms with Crippen molar-refractivity contribution in [3.05, 3.63) is 84.8 Å². The molecule has 0 radical (unpaired) electrons. The van der Waals surface area contributed by atoms with E-state index in [2.05, 4.69) is 24.8 Å². The second-order valence-electron chi connectivity index (χ2n) is 3.66. The van der Waals surface area contributed by atoms with Gasteiger partial charge in [-0.15, -0.1) is 5.10 Å². The van der Waals surface area contributed by atoms with E-state index in [-0.39, 0.29) is 5.56 Å². The Balaban J connectivity index is 3.24. The van der Waals surface area contributed by atoms with Gasteiger partial charge in [0.25, 0.3) is 0 Å². The van der Waals surface area contributed by atoms with Gasteiger partial charge in [0, 0.05) is 5.56 Å². The van der Waals surface area contributed by atoms with Crippen LogP contribution in [-0.2, 0) is 0 Å². The highest BCUT2D eigenvalue weighted by atomic mass is 17.0. The zero-order chi connectivity index (χ0) is 15.9. The molecule has 3 N–H and O–H groups in total. The molecule has 0 fully saturated rings. The molecule has 0 saturated heterocycles. The van der Waals surface area contributed by atoms with E-state index in [9.17, 15) is 4.79 Å². The summed E-state index contributed by atoms with van der Waals surface area (Å²) in [5.74, 6) is -0.575. The van der Waals surface area contributed by atoms with Crippen molar-refractivity contribution in [1.82, 2.24) is 15.6 Å². The van der Waals surface area contributed by atoms with Gasteiger partial charge < -0.3 is 5.73 Å². The number of H-pyrrole nitrogens is 1. The van der Waals surface area contributed by atoms with Gasteiger partial charge in [0.1, 0.15) is 6.26 Å². The van der Waals surface area contributed by atoms with Crippen molar-refractivity contribution in [2.75, 3.05) is 0 Å². The minimum Gasteiger partial charge on any atom is -0.366 e. The topological polar surface area (TPSA) is 111 Å². The van der Waals surface area contributed by atoms with Crippen molar-refractivity contribution in [2.24, 2.45) is 5.73 Å². The molecule has 0 aliphatic carbocycles. The number of rotatable bonds is 1. The zero-order valence-electron chi connectivity index (χ0n) is 11.7. The highest BCUT2D eigenvalue weighted by Gasteiger charge is 1.92. The number of carbonyl (C=O) groups is 1. The van der Waals surface area contributed by atoms with Gasteiger partial charge in [-0.3, -0.25) is 9.37 Å². The molecule has 0 saturated carbocycles. The maximum absolute atomic E-state index is 11.2. The number of hydrogen-bond acceptors (Lipinski definition) is 5. The van der Waals surface area contributed by atoms with Crippen LogP contribution < -0.4 is 5.73 Å². The van der Waals surface area contributed by atoms with Crippen molar-refractivity contribution in [1.29, 1.82) is 0 Å². The predicted molar refractivity (Wildman–Crippen MR) is 79.9 cm³/mol. The van der Waals surface area contributed by atoms with Crippen molar-refractivity contribution < 1.29 is 14.1 Å². The van der Waals surface area contributed by atoms with Crippen LogP contribution in [0.15, 0.2) is 88.4 Å². The summed E-state index contributed by atoms with van der Waals surface area (Å²) in [4.78, 5) is 11.2. The SMILES string of the molecule is NC(=O)c1cccccccccccoo[nH]nncc1. The quantitative estimate of drug-likeness (QED) is 0.774. The highest BCUT2D eigenvalue weighted by Crippen LogP contribution is 1.90. The molecule has 0 spiro atoms. The van der Waals surface area contributed by atoms with Gasteiger partial charge in [0.05, 0.1) is 6.20 Å². The fraction of sp³-hybridized carbons (Fsp3) is 0. The Morgan fingerprint density at radius 1 is 0.955 bits per heavy atom. The van der Waals surface area contributed by atoms with Crippen LogP contribution in [-0.4, -0.2) is 21.5 Å². The first-order valence-corrected chi connectivity index (χ1v) is 6.28. The highest BCUT2D eigenvalue weighted by molar-refractivity contribution is 5.92. The molecule has 1 amide bonds. The van der Waals surface area contributed by atoms with Crippen LogP contribution in [0.1, 0.15) is 10.4 Å². The van der Waals surface area contributed by atoms with Crippen molar-refractivity contribution >= 4 is 5.91 Å². The molecule has 1 aromatic rings. The van der Waals surface area contributed by atoms with Gasteiger partial charge in [-0.2, -0.15) is 4.68 Å². The van der Waals surface area contributed by atoms with Crippen molar-refractivity contribution in [2.45, 2.75) is 0 Å². The normalized spacial score (nSPS) is 8.36. The molecule has 0 aliphatic heterocycles. The van der Waals surface area contributed by atoms with Gasteiger partial charge in [-0.05, 0) is 23.4 Å². The lowest BCUT2D eigenvalue weighted by Crippen LogP contribution is -2.09. The Hall–Kier alpha value is -3.35. The Morgan fingerprint density at radius 2 is 1.59 bits per heavy atom. The van der Waals surface area contributed by atoms with E-state index >= 15 is 0 Å². The average molecular weight is 300 g/mol. The molecule has 22 heavy (non-hydrogen) atoms. The molecule has 7 nitrogen and oxygen atoms in total. The molecule has 1 rings (SSSR count). The first-order chi connectivity index (χ1) is 10.8. The molecule has 114 valence electrons. The van der Waals surface area contributed by atoms with Gasteiger partial charge in [0.2, 0.25) is 5.91 Å². The van der Waals surface area contributed by atoms with E-state index in [1.165, 1.54) is 18.5 Å². The van der Waals surface area contributed by atoms with E-state index in [1.807, 2.05) is 30.3 Å². The van der Waals surface area contributed by atoms with Crippen LogP contribution in [0.2, 0.25) is 0 Å². The number of hydrogen-bond donors (Lipinski definition) is 2. The van der Waals surface area contributed by atoms with Crippen LogP contribution in [0.5, 0.6) is 0 Å². The molecule has 0 atom stereocenters. The first kappa shape index (κ1) is 16.7. The standard InChI is InChI=1S/C15H16N4O3/c16-15(20)14-10-8-6-4-2-1-3-5-7-9-13-21-22-19-18-17-12-11-14/h1-13H,(H2,16,20)(H,17,19). The lowest BCUT2D eigenvalue weighted by molar-refractivity contribution is -0.0225. The third kappa shape index (κ3) is 8.70. The number of amides is 1. The number of aromatic amines is 1. The summed E-state index contributed by atoms with van der Waals surface area (Å²) in [6, 6.07) is 19.0. The van der Waals surface area contributed by atoms with Gasteiger partial charge in [0.15, 0.2) is 0 Å². The number of nitrogens with zero attached hydrogens (tertiary/aromatic N) is 2. The molecule has 1 aromatic heterocycles. The summed E-state index contributed by atoms with van der Waals surface area (Å²) in [7, 11) is 0. The molecule has 0 aliphatic rings. The summed E-state index contributed by atoms with van der Waals surface area (Å²) >= 11 is 0. The molecule has 7 heteroatoms. The summed E-state index contributed by atoms with van der Waals surface area (Å²) in [5.41, 5.74) is 5.51. The number of carbonyl (C=O) groups excluding carboxylic acids is 1.